The summed E-state index contributed by atoms with van der Waals surface area (Å²) in [6.07, 6.45) is 1.33. The molecule has 16 heavy (non-hydrogen) atoms. The Balaban J connectivity index is 1.87. The topological polar surface area (TPSA) is 51.0 Å². The lowest BCUT2D eigenvalue weighted by molar-refractivity contribution is 0.407. The molecule has 0 atom stereocenters. The predicted molar refractivity (Wildman–Crippen MR) is 66.7 cm³/mol. The molecule has 0 radical (unpaired) electrons. The molecule has 1 aromatic carbocycles. The average Bonchev–Trinajstić information content (AvgIpc) is 2.76. The highest BCUT2D eigenvalue weighted by molar-refractivity contribution is 9.13. The normalized spacial score (nSPS) is 10.6. The van der Waals surface area contributed by atoms with Gasteiger partial charge in [-0.2, -0.15) is 4.98 Å². The summed E-state index contributed by atoms with van der Waals surface area (Å²) in [6.45, 7) is 1.37. The summed E-state index contributed by atoms with van der Waals surface area (Å²) in [5.41, 5.74) is 1.19. The summed E-state index contributed by atoms with van der Waals surface area (Å²) in [5.74, 6) is 0.663. The van der Waals surface area contributed by atoms with E-state index >= 15 is 0 Å². The highest BCUT2D eigenvalue weighted by Gasteiger charge is 2.00. The Bertz CT molecular complexity index is 459. The minimum Gasteiger partial charge on any atom is -0.343 e. The van der Waals surface area contributed by atoms with E-state index in [2.05, 4.69) is 64.0 Å². The fraction of sp³-hybridized carbons (Fsp3) is 0.200. The molecule has 2 rings (SSSR count). The fourth-order valence-corrected chi connectivity index (χ4v) is 1.91. The van der Waals surface area contributed by atoms with Gasteiger partial charge in [-0.25, -0.2) is 0 Å². The monoisotopic (exact) mass is 345 g/mol. The van der Waals surface area contributed by atoms with Crippen LogP contribution in [0.4, 0.5) is 0 Å². The zero-order valence-electron chi connectivity index (χ0n) is 8.28. The maximum Gasteiger partial charge on any atom is 0.213 e. The molecular formula is C10H9Br2N3O. The first-order chi connectivity index (χ1) is 7.75. The van der Waals surface area contributed by atoms with Crippen LogP contribution in [0, 0.1) is 0 Å². The lowest BCUT2D eigenvalue weighted by Crippen LogP contribution is -2.13. The maximum absolute atomic E-state index is 4.64. The van der Waals surface area contributed by atoms with Crippen molar-refractivity contribution in [3.63, 3.8) is 0 Å². The molecule has 0 saturated heterocycles. The van der Waals surface area contributed by atoms with Crippen molar-refractivity contribution in [2.75, 3.05) is 0 Å². The molecular weight excluding hydrogens is 338 g/mol. The number of nitrogens with zero attached hydrogens (tertiary/aromatic N) is 2. The highest BCUT2D eigenvalue weighted by atomic mass is 79.9. The Kier molecular flexibility index (Phi) is 4.09. The molecule has 0 aliphatic heterocycles. The number of benzene rings is 1. The van der Waals surface area contributed by atoms with E-state index in [0.29, 0.717) is 12.4 Å². The number of aromatic nitrogens is 2. The molecule has 0 bridgehead atoms. The maximum atomic E-state index is 4.64. The Morgan fingerprint density at radius 3 is 2.75 bits per heavy atom. The second-order valence-corrected chi connectivity index (χ2v) is 4.91. The van der Waals surface area contributed by atoms with Gasteiger partial charge in [0.15, 0.2) is 5.82 Å². The van der Waals surface area contributed by atoms with E-state index < -0.39 is 0 Å². The van der Waals surface area contributed by atoms with Crippen LogP contribution in [0.5, 0.6) is 0 Å². The first-order valence-electron chi connectivity index (χ1n) is 4.65. The minimum atomic E-state index is 0.601. The summed E-state index contributed by atoms with van der Waals surface area (Å²) in [7, 11) is 0. The van der Waals surface area contributed by atoms with E-state index in [4.69, 9.17) is 0 Å². The summed E-state index contributed by atoms with van der Waals surface area (Å²) in [6, 6.07) is 6.13. The van der Waals surface area contributed by atoms with Gasteiger partial charge in [-0.05, 0) is 49.6 Å². The summed E-state index contributed by atoms with van der Waals surface area (Å²) >= 11 is 6.89. The van der Waals surface area contributed by atoms with Crippen molar-refractivity contribution in [3.05, 3.63) is 44.9 Å². The van der Waals surface area contributed by atoms with Crippen LogP contribution in [0.3, 0.4) is 0 Å². The molecule has 0 unspecified atom stereocenters. The van der Waals surface area contributed by atoms with Crippen molar-refractivity contribution >= 4 is 31.9 Å². The molecule has 0 amide bonds. The molecule has 84 valence electrons. The van der Waals surface area contributed by atoms with Crippen LogP contribution in [0.1, 0.15) is 11.4 Å². The third kappa shape index (κ3) is 3.13. The molecule has 4 nitrogen and oxygen atoms in total. The highest BCUT2D eigenvalue weighted by Crippen LogP contribution is 2.23. The number of hydrogen-bond donors (Lipinski definition) is 1. The number of hydrogen-bond acceptors (Lipinski definition) is 4. The summed E-state index contributed by atoms with van der Waals surface area (Å²) in [5, 5.41) is 6.94. The van der Waals surface area contributed by atoms with Crippen molar-refractivity contribution in [1.82, 2.24) is 15.5 Å². The molecule has 1 N–H and O–H groups in total. The van der Waals surface area contributed by atoms with Crippen LogP contribution < -0.4 is 5.32 Å². The Morgan fingerprint density at radius 1 is 1.19 bits per heavy atom. The smallest absolute Gasteiger partial charge is 0.213 e. The Hall–Kier alpha value is -0.720. The van der Waals surface area contributed by atoms with Gasteiger partial charge in [-0.3, -0.25) is 0 Å². The molecule has 2 aromatic rings. The lowest BCUT2D eigenvalue weighted by Gasteiger charge is -2.04. The van der Waals surface area contributed by atoms with Crippen LogP contribution in [0.25, 0.3) is 0 Å². The van der Waals surface area contributed by atoms with E-state index in [1.54, 1.807) is 0 Å². The SMILES string of the molecule is Brc1ccc(CNCc2ncon2)cc1Br. The first-order valence-corrected chi connectivity index (χ1v) is 6.24. The predicted octanol–water partition coefficient (Wildman–Crippen LogP) is 2.88. The largest absolute Gasteiger partial charge is 0.343 e. The van der Waals surface area contributed by atoms with Crippen molar-refractivity contribution < 1.29 is 4.52 Å². The number of rotatable bonds is 4. The standard InChI is InChI=1S/C10H9Br2N3O/c11-8-2-1-7(3-9(8)12)4-13-5-10-14-6-16-15-10/h1-3,6,13H,4-5H2. The van der Waals surface area contributed by atoms with Crippen LogP contribution in [-0.4, -0.2) is 10.1 Å². The van der Waals surface area contributed by atoms with Gasteiger partial charge in [0.1, 0.15) is 0 Å². The van der Waals surface area contributed by atoms with Gasteiger partial charge >= 0.3 is 0 Å². The van der Waals surface area contributed by atoms with Crippen LogP contribution in [0.15, 0.2) is 38.1 Å². The van der Waals surface area contributed by atoms with E-state index in [9.17, 15) is 0 Å². The van der Waals surface area contributed by atoms with Gasteiger partial charge in [0, 0.05) is 15.5 Å². The third-order valence-corrected chi connectivity index (χ3v) is 3.88. The van der Waals surface area contributed by atoms with Crippen LogP contribution in [-0.2, 0) is 13.1 Å². The molecule has 6 heteroatoms. The van der Waals surface area contributed by atoms with Crippen LogP contribution in [0.2, 0.25) is 0 Å². The van der Waals surface area contributed by atoms with E-state index in [1.807, 2.05) is 6.07 Å². The van der Waals surface area contributed by atoms with Gasteiger partial charge in [-0.1, -0.05) is 11.2 Å². The van der Waals surface area contributed by atoms with Gasteiger partial charge < -0.3 is 9.84 Å². The zero-order valence-corrected chi connectivity index (χ0v) is 11.5. The molecule has 0 aliphatic carbocycles. The zero-order chi connectivity index (χ0) is 11.4. The quantitative estimate of drug-likeness (QED) is 0.924. The van der Waals surface area contributed by atoms with Crippen molar-refractivity contribution in [2.45, 2.75) is 13.1 Å². The minimum absolute atomic E-state index is 0.601. The van der Waals surface area contributed by atoms with Gasteiger partial charge in [-0.15, -0.1) is 0 Å². The molecule has 0 spiro atoms. The summed E-state index contributed by atoms with van der Waals surface area (Å²) < 4.78 is 6.74. The molecule has 1 heterocycles. The second-order valence-electron chi connectivity index (χ2n) is 3.20. The van der Waals surface area contributed by atoms with Gasteiger partial charge in [0.05, 0.1) is 6.54 Å². The average molecular weight is 347 g/mol. The third-order valence-electron chi connectivity index (χ3n) is 2.00. The van der Waals surface area contributed by atoms with E-state index in [1.165, 1.54) is 12.0 Å². The van der Waals surface area contributed by atoms with Crippen molar-refractivity contribution in [3.8, 4) is 0 Å². The van der Waals surface area contributed by atoms with Crippen molar-refractivity contribution in [2.24, 2.45) is 0 Å². The van der Waals surface area contributed by atoms with Gasteiger partial charge in [0.2, 0.25) is 6.39 Å². The molecule has 1 aromatic heterocycles. The van der Waals surface area contributed by atoms with E-state index in [0.717, 1.165) is 15.5 Å². The van der Waals surface area contributed by atoms with E-state index in [-0.39, 0.29) is 0 Å². The fourth-order valence-electron chi connectivity index (χ4n) is 1.24. The van der Waals surface area contributed by atoms with Gasteiger partial charge in [0.25, 0.3) is 0 Å². The number of nitrogens with one attached hydrogen (secondary N) is 1. The second kappa shape index (κ2) is 5.56. The Morgan fingerprint density at radius 2 is 2.06 bits per heavy atom. The lowest BCUT2D eigenvalue weighted by atomic mass is 10.2. The molecule has 0 fully saturated rings. The molecule has 0 aliphatic rings. The van der Waals surface area contributed by atoms with Crippen LogP contribution >= 0.6 is 31.9 Å². The summed E-state index contributed by atoms with van der Waals surface area (Å²) in [4.78, 5) is 3.92. The van der Waals surface area contributed by atoms with Crippen molar-refractivity contribution in [1.29, 1.82) is 0 Å². The Labute approximate surface area is 110 Å². The number of halogens is 2. The molecule has 0 saturated carbocycles. The first kappa shape index (κ1) is 11.8.